The Morgan fingerprint density at radius 2 is 1.62 bits per heavy atom. The fourth-order valence-electron chi connectivity index (χ4n) is 3.62. The van der Waals surface area contributed by atoms with Crippen molar-refractivity contribution in [3.05, 3.63) is 29.8 Å². The Labute approximate surface area is 137 Å². The zero-order valence-corrected chi connectivity index (χ0v) is 13.6. The summed E-state index contributed by atoms with van der Waals surface area (Å²) in [6.45, 7) is 0. The van der Waals surface area contributed by atoms with E-state index in [0.29, 0.717) is 31.2 Å². The lowest BCUT2D eigenvalue weighted by Crippen LogP contribution is -2.36. The highest BCUT2D eigenvalue weighted by molar-refractivity contribution is 7.93. The van der Waals surface area contributed by atoms with Crippen molar-refractivity contribution in [2.75, 3.05) is 0 Å². The third kappa shape index (κ3) is 3.58. The van der Waals surface area contributed by atoms with Crippen LogP contribution in [-0.4, -0.2) is 31.1 Å². The van der Waals surface area contributed by atoms with Gasteiger partial charge in [-0.1, -0.05) is 12.1 Å². The third-order valence-corrected chi connectivity index (χ3v) is 7.54. The first-order valence-electron chi connectivity index (χ1n) is 7.75. The first-order valence-corrected chi connectivity index (χ1v) is 9.36. The molecular formula is C16H17F3O4S. The third-order valence-electron chi connectivity index (χ3n) is 4.83. The van der Waals surface area contributed by atoms with Crippen LogP contribution in [0.5, 0.6) is 5.75 Å². The predicted molar refractivity (Wildman–Crippen MR) is 80.3 cm³/mol. The van der Waals surface area contributed by atoms with E-state index in [1.165, 1.54) is 24.3 Å². The molecule has 4 nitrogen and oxygen atoms in total. The molecule has 0 saturated carbocycles. The molecule has 0 spiro atoms. The SMILES string of the molecule is O=C(Cc1ccc(OC(F)(F)F)cc1)C1CC2CCC(C1)S2(=O)=O. The Balaban J connectivity index is 1.62. The van der Waals surface area contributed by atoms with Crippen molar-refractivity contribution in [3.8, 4) is 5.75 Å². The van der Waals surface area contributed by atoms with Gasteiger partial charge in [0.2, 0.25) is 0 Å². The van der Waals surface area contributed by atoms with Crippen LogP contribution in [0.15, 0.2) is 24.3 Å². The second kappa shape index (κ2) is 6.06. The number of fused-ring (bicyclic) bond motifs is 2. The number of carbonyl (C=O) groups excluding carboxylic acids is 1. The number of halogens is 3. The molecule has 2 fully saturated rings. The van der Waals surface area contributed by atoms with Crippen LogP contribution in [0, 0.1) is 5.92 Å². The number of rotatable bonds is 4. The highest BCUT2D eigenvalue weighted by atomic mass is 32.2. The van der Waals surface area contributed by atoms with Gasteiger partial charge in [0, 0.05) is 12.3 Å². The van der Waals surface area contributed by atoms with E-state index in [1.807, 2.05) is 0 Å². The molecule has 2 atom stereocenters. The molecule has 2 aliphatic rings. The quantitative estimate of drug-likeness (QED) is 0.826. The zero-order chi connectivity index (χ0) is 17.5. The summed E-state index contributed by atoms with van der Waals surface area (Å²) in [7, 11) is -3.07. The molecule has 0 amide bonds. The van der Waals surface area contributed by atoms with Gasteiger partial charge in [0.05, 0.1) is 10.5 Å². The van der Waals surface area contributed by atoms with Gasteiger partial charge in [-0.25, -0.2) is 8.42 Å². The van der Waals surface area contributed by atoms with Crippen molar-refractivity contribution in [3.63, 3.8) is 0 Å². The normalized spacial score (nSPS) is 28.5. The van der Waals surface area contributed by atoms with E-state index < -0.39 is 26.7 Å². The van der Waals surface area contributed by atoms with Crippen LogP contribution in [0.1, 0.15) is 31.2 Å². The molecule has 2 bridgehead atoms. The molecular weight excluding hydrogens is 345 g/mol. The monoisotopic (exact) mass is 362 g/mol. The molecule has 0 aliphatic carbocycles. The van der Waals surface area contributed by atoms with Crippen molar-refractivity contribution in [1.82, 2.24) is 0 Å². The average molecular weight is 362 g/mol. The second-order valence-electron chi connectivity index (χ2n) is 6.41. The van der Waals surface area contributed by atoms with E-state index >= 15 is 0 Å². The van der Waals surface area contributed by atoms with Crippen molar-refractivity contribution in [2.45, 2.75) is 49.0 Å². The van der Waals surface area contributed by atoms with Crippen molar-refractivity contribution < 1.29 is 31.1 Å². The Hall–Kier alpha value is -1.57. The first-order chi connectivity index (χ1) is 11.1. The van der Waals surface area contributed by atoms with Crippen LogP contribution in [-0.2, 0) is 21.1 Å². The van der Waals surface area contributed by atoms with E-state index in [2.05, 4.69) is 4.74 Å². The summed E-state index contributed by atoms with van der Waals surface area (Å²) in [5, 5.41) is -0.819. The van der Waals surface area contributed by atoms with Gasteiger partial charge in [-0.3, -0.25) is 4.79 Å². The van der Waals surface area contributed by atoms with Gasteiger partial charge in [0.1, 0.15) is 11.5 Å². The van der Waals surface area contributed by atoms with Crippen LogP contribution in [0.2, 0.25) is 0 Å². The molecule has 24 heavy (non-hydrogen) atoms. The van der Waals surface area contributed by atoms with Gasteiger partial charge in [0.15, 0.2) is 9.84 Å². The van der Waals surface area contributed by atoms with Gasteiger partial charge >= 0.3 is 6.36 Å². The number of carbonyl (C=O) groups is 1. The molecule has 0 N–H and O–H groups in total. The fraction of sp³-hybridized carbons (Fsp3) is 0.562. The van der Waals surface area contributed by atoms with E-state index in [4.69, 9.17) is 0 Å². The van der Waals surface area contributed by atoms with Crippen molar-refractivity contribution in [2.24, 2.45) is 5.92 Å². The Morgan fingerprint density at radius 1 is 1.08 bits per heavy atom. The van der Waals surface area contributed by atoms with Crippen LogP contribution in [0.3, 0.4) is 0 Å². The molecule has 0 aromatic heterocycles. The lowest BCUT2D eigenvalue weighted by Gasteiger charge is -2.27. The minimum atomic E-state index is -4.75. The smallest absolute Gasteiger partial charge is 0.406 e. The zero-order valence-electron chi connectivity index (χ0n) is 12.8. The summed E-state index contributed by atoms with van der Waals surface area (Å²) in [5.74, 6) is -0.663. The summed E-state index contributed by atoms with van der Waals surface area (Å²) in [5.41, 5.74) is 0.593. The highest BCUT2D eigenvalue weighted by Gasteiger charge is 2.48. The van der Waals surface area contributed by atoms with E-state index in [-0.39, 0.29) is 23.9 Å². The maximum Gasteiger partial charge on any atom is 0.573 e. The van der Waals surface area contributed by atoms with Gasteiger partial charge < -0.3 is 4.74 Å². The average Bonchev–Trinajstić information content (AvgIpc) is 2.66. The molecule has 2 unspecified atom stereocenters. The Kier molecular flexibility index (Phi) is 4.36. The van der Waals surface area contributed by atoms with Crippen molar-refractivity contribution >= 4 is 15.6 Å². The number of ketones is 1. The second-order valence-corrected chi connectivity index (χ2v) is 8.92. The molecule has 2 heterocycles. The minimum Gasteiger partial charge on any atom is -0.406 e. The number of benzene rings is 1. The highest BCUT2D eigenvalue weighted by Crippen LogP contribution is 2.41. The van der Waals surface area contributed by atoms with Gasteiger partial charge in [-0.05, 0) is 43.4 Å². The number of alkyl halides is 3. The number of Topliss-reactive ketones (excluding diaryl/α,β-unsaturated/α-hetero) is 1. The summed E-state index contributed by atoms with van der Waals surface area (Å²) < 4.78 is 64.2. The maximum absolute atomic E-state index is 12.4. The molecule has 8 heteroatoms. The Bertz CT molecular complexity index is 705. The van der Waals surface area contributed by atoms with Crippen LogP contribution in [0.4, 0.5) is 13.2 Å². The Morgan fingerprint density at radius 3 is 2.12 bits per heavy atom. The molecule has 132 valence electrons. The minimum absolute atomic E-state index is 0.0497. The topological polar surface area (TPSA) is 60.4 Å². The molecule has 2 saturated heterocycles. The largest absolute Gasteiger partial charge is 0.573 e. The summed E-state index contributed by atoms with van der Waals surface area (Å²) >= 11 is 0. The van der Waals surface area contributed by atoms with Gasteiger partial charge in [0.25, 0.3) is 0 Å². The summed E-state index contributed by atoms with van der Waals surface area (Å²) in [6.07, 6.45) is -2.67. The molecule has 3 rings (SSSR count). The van der Waals surface area contributed by atoms with Crippen LogP contribution >= 0.6 is 0 Å². The lowest BCUT2D eigenvalue weighted by atomic mass is 9.91. The molecule has 1 aromatic rings. The fourth-order valence-corrected chi connectivity index (χ4v) is 6.10. The maximum atomic E-state index is 12.4. The standard InChI is InChI=1S/C16H17F3O4S/c17-16(18,19)23-12-3-1-10(2-4-12)7-15(20)11-8-13-5-6-14(9-11)24(13,21)22/h1-4,11,13-14H,5-9H2. The number of hydrogen-bond acceptors (Lipinski definition) is 4. The number of ether oxygens (including phenoxy) is 1. The van der Waals surface area contributed by atoms with Crippen LogP contribution < -0.4 is 4.74 Å². The number of hydrogen-bond donors (Lipinski definition) is 0. The molecule has 2 aliphatic heterocycles. The van der Waals surface area contributed by atoms with Crippen molar-refractivity contribution in [1.29, 1.82) is 0 Å². The first kappa shape index (κ1) is 17.3. The molecule has 1 aromatic carbocycles. The van der Waals surface area contributed by atoms with Gasteiger partial charge in [-0.15, -0.1) is 13.2 Å². The number of sulfone groups is 1. The molecule has 0 radical (unpaired) electrons. The predicted octanol–water partition coefficient (Wildman–Crippen LogP) is 3.05. The summed E-state index contributed by atoms with van der Waals surface area (Å²) in [6, 6.07) is 5.19. The van der Waals surface area contributed by atoms with Gasteiger partial charge in [-0.2, -0.15) is 0 Å². The van der Waals surface area contributed by atoms with Crippen LogP contribution in [0.25, 0.3) is 0 Å². The van der Waals surface area contributed by atoms with E-state index in [9.17, 15) is 26.4 Å². The summed E-state index contributed by atoms with van der Waals surface area (Å²) in [4.78, 5) is 12.4. The van der Waals surface area contributed by atoms with E-state index in [1.54, 1.807) is 0 Å². The lowest BCUT2D eigenvalue weighted by molar-refractivity contribution is -0.274. The van der Waals surface area contributed by atoms with E-state index in [0.717, 1.165) is 0 Å².